The molecule has 0 aliphatic carbocycles. The molecule has 2 amide bonds. The Hall–Kier alpha value is -0.770. The summed E-state index contributed by atoms with van der Waals surface area (Å²) in [6.45, 7) is 14.0. The minimum atomic E-state index is 0.238. The van der Waals surface area contributed by atoms with Crippen LogP contribution in [0.1, 0.15) is 27.7 Å². The molecular weight excluding hydrogens is 214 g/mol. The number of amides is 2. The third-order valence-corrected chi connectivity index (χ3v) is 3.28. The lowest BCUT2D eigenvalue weighted by molar-refractivity contribution is 0.0351. The van der Waals surface area contributed by atoms with Gasteiger partial charge in [0.05, 0.1) is 0 Å². The largest absolute Gasteiger partial charge is 0.323 e. The van der Waals surface area contributed by atoms with Crippen LogP contribution < -0.4 is 0 Å². The van der Waals surface area contributed by atoms with Gasteiger partial charge >= 0.3 is 6.03 Å². The molecule has 0 atom stereocenters. The summed E-state index contributed by atoms with van der Waals surface area (Å²) in [6, 6.07) is 0.238. The highest BCUT2D eigenvalue weighted by Gasteiger charge is 2.39. The van der Waals surface area contributed by atoms with Gasteiger partial charge in [-0.1, -0.05) is 27.7 Å². The molecule has 2 aliphatic rings. The lowest BCUT2D eigenvalue weighted by Crippen LogP contribution is -2.61. The van der Waals surface area contributed by atoms with Crippen molar-refractivity contribution in [1.29, 1.82) is 0 Å². The summed E-state index contributed by atoms with van der Waals surface area (Å²) < 4.78 is 0. The third kappa shape index (κ3) is 3.60. The van der Waals surface area contributed by atoms with E-state index in [0.29, 0.717) is 5.41 Å². The van der Waals surface area contributed by atoms with E-state index >= 15 is 0 Å². The zero-order valence-electron chi connectivity index (χ0n) is 12.0. The Kier molecular flexibility index (Phi) is 4.80. The number of nitrogens with zero attached hydrogens (tertiary/aromatic N) is 3. The topological polar surface area (TPSA) is 26.8 Å². The van der Waals surface area contributed by atoms with E-state index < -0.39 is 0 Å². The van der Waals surface area contributed by atoms with Gasteiger partial charge in [-0.15, -0.1) is 0 Å². The monoisotopic (exact) mass is 241 g/mol. The first-order chi connectivity index (χ1) is 7.98. The van der Waals surface area contributed by atoms with Crippen LogP contribution in [-0.4, -0.2) is 67.0 Å². The molecule has 2 rings (SSSR count). The Morgan fingerprint density at radius 1 is 0.941 bits per heavy atom. The van der Waals surface area contributed by atoms with Crippen molar-refractivity contribution in [3.05, 3.63) is 0 Å². The van der Waals surface area contributed by atoms with Crippen molar-refractivity contribution in [2.75, 3.05) is 46.3 Å². The van der Waals surface area contributed by atoms with Crippen molar-refractivity contribution in [2.24, 2.45) is 5.41 Å². The number of hydrogen-bond donors (Lipinski definition) is 0. The molecule has 17 heavy (non-hydrogen) atoms. The van der Waals surface area contributed by atoms with Crippen molar-refractivity contribution in [3.63, 3.8) is 0 Å². The standard InChI is InChI=1S/C11H21N3O.C2H6/c1-11(2)8-14(9-11)10(15)13-6-4-12(3)5-7-13;1-2/h4-9H2,1-3H3;1-2H3. The number of hydrogen-bond acceptors (Lipinski definition) is 2. The van der Waals surface area contributed by atoms with E-state index in [1.807, 2.05) is 23.6 Å². The Balaban J connectivity index is 0.000000686. The molecule has 2 saturated heterocycles. The average molecular weight is 241 g/mol. The van der Waals surface area contributed by atoms with Gasteiger partial charge in [0, 0.05) is 44.7 Å². The smallest absolute Gasteiger partial charge is 0.320 e. The lowest BCUT2D eigenvalue weighted by Gasteiger charge is -2.48. The predicted molar refractivity (Wildman–Crippen MR) is 71.2 cm³/mol. The maximum absolute atomic E-state index is 12.0. The highest BCUT2D eigenvalue weighted by atomic mass is 16.2. The van der Waals surface area contributed by atoms with Crippen LogP contribution in [0.3, 0.4) is 0 Å². The van der Waals surface area contributed by atoms with Crippen molar-refractivity contribution in [1.82, 2.24) is 14.7 Å². The molecule has 2 aliphatic heterocycles. The van der Waals surface area contributed by atoms with E-state index in [9.17, 15) is 4.79 Å². The van der Waals surface area contributed by atoms with Gasteiger partial charge in [-0.2, -0.15) is 0 Å². The Morgan fingerprint density at radius 3 is 1.82 bits per heavy atom. The molecule has 4 heteroatoms. The number of urea groups is 1. The quantitative estimate of drug-likeness (QED) is 0.645. The van der Waals surface area contributed by atoms with Crippen LogP contribution in [0.15, 0.2) is 0 Å². The molecule has 0 radical (unpaired) electrons. The second kappa shape index (κ2) is 5.71. The lowest BCUT2D eigenvalue weighted by atomic mass is 9.85. The van der Waals surface area contributed by atoms with Gasteiger partial charge in [-0.05, 0) is 7.05 Å². The summed E-state index contributed by atoms with van der Waals surface area (Å²) in [5.41, 5.74) is 0.336. The molecule has 0 N–H and O–H groups in total. The number of likely N-dealkylation sites (tertiary alicyclic amines) is 1. The molecule has 2 fully saturated rings. The molecule has 4 nitrogen and oxygen atoms in total. The van der Waals surface area contributed by atoms with E-state index in [2.05, 4.69) is 25.8 Å². The number of likely N-dealkylation sites (N-methyl/N-ethyl adjacent to an activating group) is 1. The minimum absolute atomic E-state index is 0.238. The molecule has 0 aromatic carbocycles. The maximum atomic E-state index is 12.0. The summed E-state index contributed by atoms with van der Waals surface area (Å²) in [7, 11) is 2.11. The first-order valence-corrected chi connectivity index (χ1v) is 6.70. The minimum Gasteiger partial charge on any atom is -0.323 e. The van der Waals surface area contributed by atoms with Crippen molar-refractivity contribution in [2.45, 2.75) is 27.7 Å². The van der Waals surface area contributed by atoms with Crippen molar-refractivity contribution in [3.8, 4) is 0 Å². The molecule has 0 aromatic rings. The zero-order valence-corrected chi connectivity index (χ0v) is 12.0. The molecule has 0 bridgehead atoms. The summed E-state index contributed by atoms with van der Waals surface area (Å²) in [5.74, 6) is 0. The van der Waals surface area contributed by atoms with E-state index in [1.54, 1.807) is 0 Å². The number of piperazine rings is 1. The molecular formula is C13H27N3O. The van der Waals surface area contributed by atoms with Crippen LogP contribution in [0.25, 0.3) is 0 Å². The number of rotatable bonds is 0. The van der Waals surface area contributed by atoms with Crippen LogP contribution in [0.2, 0.25) is 0 Å². The van der Waals surface area contributed by atoms with Crippen LogP contribution in [0.5, 0.6) is 0 Å². The van der Waals surface area contributed by atoms with Crippen LogP contribution in [0.4, 0.5) is 4.79 Å². The fourth-order valence-electron chi connectivity index (χ4n) is 2.32. The maximum Gasteiger partial charge on any atom is 0.320 e. The third-order valence-electron chi connectivity index (χ3n) is 3.28. The molecule has 0 unspecified atom stereocenters. The summed E-state index contributed by atoms with van der Waals surface area (Å²) in [5, 5.41) is 0. The van der Waals surface area contributed by atoms with Crippen molar-refractivity contribution >= 4 is 6.03 Å². The zero-order chi connectivity index (χ0) is 13.1. The van der Waals surface area contributed by atoms with Crippen LogP contribution >= 0.6 is 0 Å². The Morgan fingerprint density at radius 2 is 1.41 bits per heavy atom. The van der Waals surface area contributed by atoms with E-state index in [4.69, 9.17) is 0 Å². The highest BCUT2D eigenvalue weighted by molar-refractivity contribution is 5.75. The van der Waals surface area contributed by atoms with Crippen LogP contribution in [-0.2, 0) is 0 Å². The molecule has 2 heterocycles. The Bertz CT molecular complexity index is 249. The fraction of sp³-hybridized carbons (Fsp3) is 0.923. The van der Waals surface area contributed by atoms with Gasteiger partial charge in [0.15, 0.2) is 0 Å². The molecule has 100 valence electrons. The van der Waals surface area contributed by atoms with Gasteiger partial charge in [0.1, 0.15) is 0 Å². The highest BCUT2D eigenvalue weighted by Crippen LogP contribution is 2.29. The second-order valence-electron chi connectivity index (χ2n) is 5.59. The Labute approximate surface area is 106 Å². The van der Waals surface area contributed by atoms with Gasteiger partial charge < -0.3 is 14.7 Å². The normalized spacial score (nSPS) is 23.6. The van der Waals surface area contributed by atoms with Gasteiger partial charge in [0.25, 0.3) is 0 Å². The van der Waals surface area contributed by atoms with E-state index in [0.717, 1.165) is 39.3 Å². The van der Waals surface area contributed by atoms with Gasteiger partial charge in [-0.3, -0.25) is 0 Å². The SMILES string of the molecule is CC.CN1CCN(C(=O)N2CC(C)(C)C2)CC1. The number of carbonyl (C=O) groups excluding carboxylic acids is 1. The van der Waals surface area contributed by atoms with Crippen molar-refractivity contribution < 1.29 is 4.79 Å². The summed E-state index contributed by atoms with van der Waals surface area (Å²) >= 11 is 0. The number of carbonyl (C=O) groups is 1. The van der Waals surface area contributed by atoms with E-state index in [1.165, 1.54) is 0 Å². The van der Waals surface area contributed by atoms with Gasteiger partial charge in [0.2, 0.25) is 0 Å². The fourth-order valence-corrected chi connectivity index (χ4v) is 2.32. The molecule has 0 aromatic heterocycles. The first kappa shape index (κ1) is 14.3. The predicted octanol–water partition coefficient (Wildman–Crippen LogP) is 1.72. The van der Waals surface area contributed by atoms with E-state index in [-0.39, 0.29) is 6.03 Å². The second-order valence-corrected chi connectivity index (χ2v) is 5.59. The summed E-state index contributed by atoms with van der Waals surface area (Å²) in [6.07, 6.45) is 0. The average Bonchev–Trinajstić information content (AvgIpc) is 2.28. The molecule has 0 spiro atoms. The van der Waals surface area contributed by atoms with Gasteiger partial charge in [-0.25, -0.2) is 4.79 Å². The molecule has 0 saturated carbocycles. The summed E-state index contributed by atoms with van der Waals surface area (Å²) in [4.78, 5) is 18.2. The first-order valence-electron chi connectivity index (χ1n) is 6.70. The van der Waals surface area contributed by atoms with Crippen LogP contribution in [0, 0.1) is 5.41 Å².